The van der Waals surface area contributed by atoms with Gasteiger partial charge in [0.1, 0.15) is 0 Å². The van der Waals surface area contributed by atoms with E-state index < -0.39 is 0 Å². The average Bonchev–Trinajstić information content (AvgIpc) is 3.21. The zero-order chi connectivity index (χ0) is 16.7. The van der Waals surface area contributed by atoms with Crippen LogP contribution < -0.4 is 10.6 Å². The van der Waals surface area contributed by atoms with Crippen LogP contribution in [0.4, 0.5) is 0 Å². The van der Waals surface area contributed by atoms with Crippen molar-refractivity contribution in [2.45, 2.75) is 46.1 Å². The standard InChI is InChI=1S/C17H26N4S2.HI/c1-5-15-21-13(11-23-15)10-19-16(18-6-2)20-12-17(3,4)14-8-7-9-22-14;/h7-9,11H,5-6,10,12H2,1-4H3,(H2,18,19,20);1H. The Kier molecular flexibility index (Phi) is 9.22. The largest absolute Gasteiger partial charge is 0.357 e. The Bertz CT molecular complexity index is 620. The molecule has 0 atom stereocenters. The normalized spacial score (nSPS) is 11.9. The number of guanidine groups is 1. The summed E-state index contributed by atoms with van der Waals surface area (Å²) in [6.45, 7) is 11.0. The highest BCUT2D eigenvalue weighted by Crippen LogP contribution is 2.26. The average molecular weight is 478 g/mol. The number of nitrogens with one attached hydrogen (secondary N) is 2. The first kappa shape index (κ1) is 21.4. The Morgan fingerprint density at radius 1 is 1.25 bits per heavy atom. The van der Waals surface area contributed by atoms with E-state index in [4.69, 9.17) is 0 Å². The van der Waals surface area contributed by atoms with Crippen LogP contribution >= 0.6 is 46.7 Å². The van der Waals surface area contributed by atoms with Gasteiger partial charge in [0, 0.05) is 28.8 Å². The van der Waals surface area contributed by atoms with Gasteiger partial charge in [-0.1, -0.05) is 26.8 Å². The lowest BCUT2D eigenvalue weighted by Gasteiger charge is -2.25. The fraction of sp³-hybridized carbons (Fsp3) is 0.529. The van der Waals surface area contributed by atoms with Gasteiger partial charge in [-0.3, -0.25) is 0 Å². The molecule has 0 amide bonds. The topological polar surface area (TPSA) is 49.3 Å². The summed E-state index contributed by atoms with van der Waals surface area (Å²) >= 11 is 3.51. The Labute approximate surface area is 170 Å². The molecule has 2 aromatic rings. The maximum absolute atomic E-state index is 4.66. The van der Waals surface area contributed by atoms with Gasteiger partial charge < -0.3 is 10.6 Å². The molecule has 2 heterocycles. The number of hydrogen-bond acceptors (Lipinski definition) is 4. The zero-order valence-electron chi connectivity index (χ0n) is 14.8. The van der Waals surface area contributed by atoms with E-state index in [2.05, 4.69) is 71.2 Å². The summed E-state index contributed by atoms with van der Waals surface area (Å²) in [6.07, 6.45) is 0.988. The molecular weight excluding hydrogens is 451 g/mol. The summed E-state index contributed by atoms with van der Waals surface area (Å²) in [5.74, 6) is 0.850. The Morgan fingerprint density at radius 3 is 2.62 bits per heavy atom. The molecule has 7 heteroatoms. The third kappa shape index (κ3) is 6.33. The van der Waals surface area contributed by atoms with E-state index in [0.29, 0.717) is 6.54 Å². The minimum atomic E-state index is 0. The smallest absolute Gasteiger partial charge is 0.191 e. The number of thiazole rings is 1. The molecule has 0 unspecified atom stereocenters. The molecule has 0 saturated carbocycles. The van der Waals surface area contributed by atoms with Crippen LogP contribution in [0, 0.1) is 0 Å². The number of aryl methyl sites for hydroxylation is 1. The van der Waals surface area contributed by atoms with Crippen molar-refractivity contribution in [3.05, 3.63) is 38.5 Å². The minimum Gasteiger partial charge on any atom is -0.357 e. The van der Waals surface area contributed by atoms with Crippen LogP contribution in [0.3, 0.4) is 0 Å². The van der Waals surface area contributed by atoms with Crippen LogP contribution in [0.5, 0.6) is 0 Å². The summed E-state index contributed by atoms with van der Waals surface area (Å²) < 4.78 is 0. The number of hydrogen-bond donors (Lipinski definition) is 2. The molecule has 2 N–H and O–H groups in total. The van der Waals surface area contributed by atoms with Gasteiger partial charge in [-0.15, -0.1) is 46.7 Å². The van der Waals surface area contributed by atoms with Crippen molar-refractivity contribution in [1.82, 2.24) is 15.6 Å². The van der Waals surface area contributed by atoms with Gasteiger partial charge in [0.25, 0.3) is 0 Å². The Hall–Kier alpha value is -0.670. The van der Waals surface area contributed by atoms with Crippen molar-refractivity contribution in [2.75, 3.05) is 13.1 Å². The van der Waals surface area contributed by atoms with Gasteiger partial charge in [0.15, 0.2) is 5.96 Å². The van der Waals surface area contributed by atoms with Crippen molar-refractivity contribution in [3.63, 3.8) is 0 Å². The Morgan fingerprint density at radius 2 is 2.04 bits per heavy atom. The van der Waals surface area contributed by atoms with Crippen LogP contribution in [-0.2, 0) is 18.4 Å². The summed E-state index contributed by atoms with van der Waals surface area (Å²) in [5.41, 5.74) is 1.13. The van der Waals surface area contributed by atoms with Crippen molar-refractivity contribution in [1.29, 1.82) is 0 Å². The first-order valence-electron chi connectivity index (χ1n) is 8.04. The highest BCUT2D eigenvalue weighted by Gasteiger charge is 2.21. The first-order valence-corrected chi connectivity index (χ1v) is 9.80. The van der Waals surface area contributed by atoms with Gasteiger partial charge in [-0.2, -0.15) is 0 Å². The van der Waals surface area contributed by atoms with E-state index in [-0.39, 0.29) is 29.4 Å². The second-order valence-corrected chi connectivity index (χ2v) is 7.89. The minimum absolute atomic E-state index is 0. The molecule has 134 valence electrons. The SMILES string of the molecule is CCNC(=NCc1csc(CC)n1)NCC(C)(C)c1cccs1.I. The lowest BCUT2D eigenvalue weighted by Crippen LogP contribution is -2.43. The fourth-order valence-electron chi connectivity index (χ4n) is 2.14. The highest BCUT2D eigenvalue weighted by atomic mass is 127. The molecule has 0 spiro atoms. The van der Waals surface area contributed by atoms with Gasteiger partial charge >= 0.3 is 0 Å². The van der Waals surface area contributed by atoms with E-state index in [1.807, 2.05) is 0 Å². The second kappa shape index (κ2) is 10.4. The zero-order valence-corrected chi connectivity index (χ0v) is 18.7. The van der Waals surface area contributed by atoms with Crippen LogP contribution in [0.2, 0.25) is 0 Å². The van der Waals surface area contributed by atoms with E-state index in [1.165, 1.54) is 9.88 Å². The summed E-state index contributed by atoms with van der Waals surface area (Å²) in [7, 11) is 0. The second-order valence-electron chi connectivity index (χ2n) is 6.00. The third-order valence-electron chi connectivity index (χ3n) is 3.53. The number of thiophene rings is 1. The van der Waals surface area contributed by atoms with E-state index in [0.717, 1.165) is 31.2 Å². The molecule has 24 heavy (non-hydrogen) atoms. The van der Waals surface area contributed by atoms with Crippen molar-refractivity contribution in [3.8, 4) is 0 Å². The van der Waals surface area contributed by atoms with Gasteiger partial charge in [0.2, 0.25) is 0 Å². The molecule has 0 aliphatic carbocycles. The number of aliphatic imine (C=N–C) groups is 1. The van der Waals surface area contributed by atoms with Crippen molar-refractivity contribution >= 4 is 52.6 Å². The van der Waals surface area contributed by atoms with E-state index >= 15 is 0 Å². The van der Waals surface area contributed by atoms with Gasteiger partial charge in [0.05, 0.1) is 17.2 Å². The molecule has 0 saturated heterocycles. The fourth-order valence-corrected chi connectivity index (χ4v) is 3.73. The summed E-state index contributed by atoms with van der Waals surface area (Å²) in [4.78, 5) is 10.6. The molecule has 0 fully saturated rings. The van der Waals surface area contributed by atoms with Crippen LogP contribution in [0.15, 0.2) is 27.9 Å². The number of nitrogens with zero attached hydrogens (tertiary/aromatic N) is 2. The molecule has 2 rings (SSSR count). The van der Waals surface area contributed by atoms with Crippen LogP contribution in [-0.4, -0.2) is 24.0 Å². The molecule has 2 aromatic heterocycles. The van der Waals surface area contributed by atoms with Gasteiger partial charge in [-0.25, -0.2) is 9.98 Å². The lowest BCUT2D eigenvalue weighted by atomic mass is 9.91. The third-order valence-corrected chi connectivity index (χ3v) is 5.81. The molecule has 0 aliphatic heterocycles. The first-order chi connectivity index (χ1) is 11.0. The molecule has 0 aliphatic rings. The molecule has 0 bridgehead atoms. The summed E-state index contributed by atoms with van der Waals surface area (Å²) in [5, 5.41) is 12.2. The predicted molar refractivity (Wildman–Crippen MR) is 117 cm³/mol. The lowest BCUT2D eigenvalue weighted by molar-refractivity contribution is 0.518. The molecule has 0 aromatic carbocycles. The number of rotatable bonds is 7. The maximum Gasteiger partial charge on any atom is 0.191 e. The maximum atomic E-state index is 4.66. The highest BCUT2D eigenvalue weighted by molar-refractivity contribution is 14.0. The van der Waals surface area contributed by atoms with Crippen LogP contribution in [0.25, 0.3) is 0 Å². The predicted octanol–water partition coefficient (Wildman–Crippen LogP) is 4.42. The van der Waals surface area contributed by atoms with E-state index in [9.17, 15) is 0 Å². The van der Waals surface area contributed by atoms with Crippen molar-refractivity contribution in [2.24, 2.45) is 4.99 Å². The Balaban J connectivity index is 0.00000288. The van der Waals surface area contributed by atoms with Crippen molar-refractivity contribution < 1.29 is 0 Å². The van der Waals surface area contributed by atoms with Gasteiger partial charge in [-0.05, 0) is 24.8 Å². The number of aromatic nitrogens is 1. The molecular formula is C17H27IN4S2. The summed E-state index contributed by atoms with van der Waals surface area (Å²) in [6, 6.07) is 4.30. The quantitative estimate of drug-likeness (QED) is 0.352. The van der Waals surface area contributed by atoms with E-state index in [1.54, 1.807) is 22.7 Å². The monoisotopic (exact) mass is 478 g/mol. The van der Waals surface area contributed by atoms with Crippen LogP contribution in [0.1, 0.15) is 43.3 Å². The molecule has 4 nitrogen and oxygen atoms in total. The molecule has 0 radical (unpaired) electrons. The number of halogens is 1.